The second kappa shape index (κ2) is 3.88. The van der Waals surface area contributed by atoms with E-state index < -0.39 is 0 Å². The smallest absolute Gasteiger partial charge is 0.152 e. The Kier molecular flexibility index (Phi) is 2.82. The average Bonchev–Trinajstić information content (AvgIpc) is 2.48. The van der Waals surface area contributed by atoms with E-state index in [4.69, 9.17) is 9.52 Å². The summed E-state index contributed by atoms with van der Waals surface area (Å²) in [7, 11) is 0. The number of aliphatic hydroxyl groups excluding tert-OH is 1. The minimum Gasteiger partial charge on any atom is -0.459 e. The van der Waals surface area contributed by atoms with Gasteiger partial charge in [0.25, 0.3) is 0 Å². The van der Waals surface area contributed by atoms with Gasteiger partial charge >= 0.3 is 0 Å². The van der Waals surface area contributed by atoms with Crippen LogP contribution in [-0.2, 0) is 11.4 Å². The molecule has 0 aliphatic rings. The fraction of sp³-hybridized carbons (Fsp3) is 0.222. The molecular formula is C9H10O3. The molecule has 0 bridgehead atoms. The maximum absolute atomic E-state index is 10.5. The molecule has 3 heteroatoms. The van der Waals surface area contributed by atoms with E-state index in [-0.39, 0.29) is 12.4 Å². The van der Waals surface area contributed by atoms with Gasteiger partial charge in [0.1, 0.15) is 18.1 Å². The van der Waals surface area contributed by atoms with Crippen LogP contribution in [0.3, 0.4) is 0 Å². The van der Waals surface area contributed by atoms with E-state index in [2.05, 4.69) is 0 Å². The van der Waals surface area contributed by atoms with Crippen molar-refractivity contribution in [1.82, 2.24) is 0 Å². The van der Waals surface area contributed by atoms with E-state index >= 15 is 0 Å². The molecule has 3 nitrogen and oxygen atoms in total. The van der Waals surface area contributed by atoms with Crippen LogP contribution in [0.1, 0.15) is 18.4 Å². The Balaban J connectivity index is 2.70. The molecular weight excluding hydrogens is 156 g/mol. The summed E-state index contributed by atoms with van der Waals surface area (Å²) in [6.45, 7) is 1.35. The van der Waals surface area contributed by atoms with Crippen molar-refractivity contribution in [2.45, 2.75) is 13.5 Å². The first-order valence-electron chi connectivity index (χ1n) is 3.60. The van der Waals surface area contributed by atoms with Gasteiger partial charge in [0.2, 0.25) is 0 Å². The lowest BCUT2D eigenvalue weighted by atomic mass is 10.3. The van der Waals surface area contributed by atoms with Gasteiger partial charge in [-0.05, 0) is 31.2 Å². The summed E-state index contributed by atoms with van der Waals surface area (Å²) in [5.41, 5.74) is 0. The van der Waals surface area contributed by atoms with Crippen LogP contribution in [0.15, 0.2) is 22.6 Å². The van der Waals surface area contributed by atoms with Crippen LogP contribution >= 0.6 is 0 Å². The van der Waals surface area contributed by atoms with Crippen LogP contribution in [0.25, 0.3) is 6.08 Å². The van der Waals surface area contributed by atoms with Crippen molar-refractivity contribution in [3.8, 4) is 0 Å². The molecule has 0 aliphatic carbocycles. The molecule has 1 aromatic rings. The summed E-state index contributed by atoms with van der Waals surface area (Å²) < 4.78 is 5.09. The highest BCUT2D eigenvalue weighted by atomic mass is 16.4. The quantitative estimate of drug-likeness (QED) is 0.690. The summed E-state index contributed by atoms with van der Waals surface area (Å²) in [6, 6.07) is 3.37. The van der Waals surface area contributed by atoms with Gasteiger partial charge in [-0.2, -0.15) is 0 Å². The second-order valence-electron chi connectivity index (χ2n) is 2.41. The SMILES string of the molecule is CC(=O)C=Cc1ccc(CO)o1. The standard InChI is InChI=1S/C9H10O3/c1-7(11)2-3-8-4-5-9(6-10)12-8/h2-5,10H,6H2,1H3. The van der Waals surface area contributed by atoms with Crippen molar-refractivity contribution in [2.24, 2.45) is 0 Å². The average molecular weight is 166 g/mol. The molecule has 12 heavy (non-hydrogen) atoms. The van der Waals surface area contributed by atoms with Crippen molar-refractivity contribution >= 4 is 11.9 Å². The number of hydrogen-bond acceptors (Lipinski definition) is 3. The van der Waals surface area contributed by atoms with Crippen molar-refractivity contribution in [1.29, 1.82) is 0 Å². The van der Waals surface area contributed by atoms with Gasteiger partial charge in [-0.1, -0.05) is 0 Å². The molecule has 1 heterocycles. The summed E-state index contributed by atoms with van der Waals surface area (Å²) in [4.78, 5) is 10.5. The summed E-state index contributed by atoms with van der Waals surface area (Å²) in [5.74, 6) is 1.05. The largest absolute Gasteiger partial charge is 0.459 e. The highest BCUT2D eigenvalue weighted by Gasteiger charge is 1.96. The lowest BCUT2D eigenvalue weighted by Gasteiger charge is -1.85. The Morgan fingerprint density at radius 1 is 1.67 bits per heavy atom. The van der Waals surface area contributed by atoms with Crippen molar-refractivity contribution in [3.63, 3.8) is 0 Å². The predicted molar refractivity (Wildman–Crippen MR) is 44.3 cm³/mol. The third-order valence-corrected chi connectivity index (χ3v) is 1.32. The van der Waals surface area contributed by atoms with Gasteiger partial charge in [0.05, 0.1) is 0 Å². The monoisotopic (exact) mass is 166 g/mol. The predicted octanol–water partition coefficient (Wildman–Crippen LogP) is 1.37. The number of rotatable bonds is 3. The van der Waals surface area contributed by atoms with Crippen LogP contribution in [0, 0.1) is 0 Å². The zero-order valence-corrected chi connectivity index (χ0v) is 6.78. The zero-order chi connectivity index (χ0) is 8.97. The maximum atomic E-state index is 10.5. The van der Waals surface area contributed by atoms with Crippen LogP contribution in [0.2, 0.25) is 0 Å². The first-order valence-corrected chi connectivity index (χ1v) is 3.60. The zero-order valence-electron chi connectivity index (χ0n) is 6.78. The Labute approximate surface area is 70.3 Å². The molecule has 0 radical (unpaired) electrons. The lowest BCUT2D eigenvalue weighted by Crippen LogP contribution is -1.78. The van der Waals surface area contributed by atoms with Gasteiger partial charge < -0.3 is 9.52 Å². The molecule has 1 aromatic heterocycles. The number of carbonyl (C=O) groups excluding carboxylic acids is 1. The summed E-state index contributed by atoms with van der Waals surface area (Å²) in [5, 5.41) is 8.64. The third kappa shape index (κ3) is 2.36. The molecule has 64 valence electrons. The molecule has 0 fully saturated rings. The highest BCUT2D eigenvalue weighted by molar-refractivity contribution is 5.91. The topological polar surface area (TPSA) is 50.4 Å². The maximum Gasteiger partial charge on any atom is 0.152 e. The Morgan fingerprint density at radius 2 is 2.42 bits per heavy atom. The van der Waals surface area contributed by atoms with E-state index in [0.717, 1.165) is 0 Å². The molecule has 1 N–H and O–H groups in total. The van der Waals surface area contributed by atoms with Gasteiger partial charge in [-0.15, -0.1) is 0 Å². The Morgan fingerprint density at radius 3 is 2.92 bits per heavy atom. The van der Waals surface area contributed by atoms with E-state index in [1.807, 2.05) is 0 Å². The highest BCUT2D eigenvalue weighted by Crippen LogP contribution is 2.08. The molecule has 0 aliphatic heterocycles. The lowest BCUT2D eigenvalue weighted by molar-refractivity contribution is -0.112. The van der Waals surface area contributed by atoms with E-state index in [0.29, 0.717) is 11.5 Å². The van der Waals surface area contributed by atoms with Crippen molar-refractivity contribution in [2.75, 3.05) is 0 Å². The van der Waals surface area contributed by atoms with Crippen molar-refractivity contribution < 1.29 is 14.3 Å². The number of aliphatic hydroxyl groups is 1. The van der Waals surface area contributed by atoms with E-state index in [1.165, 1.54) is 13.0 Å². The molecule has 1 rings (SSSR count). The second-order valence-corrected chi connectivity index (χ2v) is 2.41. The van der Waals surface area contributed by atoms with Crippen LogP contribution < -0.4 is 0 Å². The normalized spacial score (nSPS) is 10.8. The number of furan rings is 1. The molecule has 0 unspecified atom stereocenters. The minimum atomic E-state index is -0.117. The Hall–Kier alpha value is -1.35. The molecule has 0 saturated carbocycles. The van der Waals surface area contributed by atoms with Gasteiger partial charge in [-0.3, -0.25) is 4.79 Å². The molecule has 0 amide bonds. The summed E-state index contributed by atoms with van der Waals surface area (Å²) >= 11 is 0. The number of carbonyl (C=O) groups is 1. The van der Waals surface area contributed by atoms with Crippen LogP contribution in [-0.4, -0.2) is 10.9 Å². The molecule has 0 saturated heterocycles. The van der Waals surface area contributed by atoms with Gasteiger partial charge in [0, 0.05) is 0 Å². The van der Waals surface area contributed by atoms with Crippen LogP contribution in [0.5, 0.6) is 0 Å². The number of allylic oxidation sites excluding steroid dienone is 1. The Bertz CT molecular complexity index is 296. The van der Waals surface area contributed by atoms with Gasteiger partial charge in [0.15, 0.2) is 5.78 Å². The number of ketones is 1. The van der Waals surface area contributed by atoms with Gasteiger partial charge in [-0.25, -0.2) is 0 Å². The number of hydrogen-bond donors (Lipinski definition) is 1. The van der Waals surface area contributed by atoms with E-state index in [9.17, 15) is 4.79 Å². The van der Waals surface area contributed by atoms with Crippen molar-refractivity contribution in [3.05, 3.63) is 29.7 Å². The fourth-order valence-corrected chi connectivity index (χ4v) is 0.769. The third-order valence-electron chi connectivity index (χ3n) is 1.32. The fourth-order valence-electron chi connectivity index (χ4n) is 0.769. The van der Waals surface area contributed by atoms with E-state index in [1.54, 1.807) is 18.2 Å². The first-order chi connectivity index (χ1) is 5.72. The van der Waals surface area contributed by atoms with Crippen LogP contribution in [0.4, 0.5) is 0 Å². The molecule has 0 atom stereocenters. The first kappa shape index (κ1) is 8.74. The minimum absolute atomic E-state index is 0.0306. The summed E-state index contributed by atoms with van der Waals surface area (Å²) in [6.07, 6.45) is 2.99. The molecule has 0 aromatic carbocycles. The molecule has 0 spiro atoms.